The number of benzene rings is 1. The van der Waals surface area contributed by atoms with Crippen LogP contribution in [0.1, 0.15) is 80.5 Å². The average molecular weight is 451 g/mol. The maximum Gasteiger partial charge on any atom is 0.168 e. The molecule has 1 aromatic carbocycles. The van der Waals surface area contributed by atoms with Gasteiger partial charge in [0.15, 0.2) is 5.79 Å². The van der Waals surface area contributed by atoms with Crippen molar-refractivity contribution >= 4 is 0 Å². The number of ether oxygens (including phenoxy) is 2. The van der Waals surface area contributed by atoms with Crippen LogP contribution in [0.4, 0.5) is 0 Å². The standard InChI is InChI=1S/C28H38N2O3/c1-20(2)21-5-7-24(8-6-21)28(31,26(3)18-30(4)19-26)25-15-23(16-29-17-25)22-9-11-27(12-10-22)32-13-14-33-27/h5-8,15-17,20,22,31H,9-14,18-19H2,1-4H3/t28-/m0/s1. The molecular weight excluding hydrogens is 412 g/mol. The summed E-state index contributed by atoms with van der Waals surface area (Å²) in [7, 11) is 2.11. The minimum absolute atomic E-state index is 0.274. The zero-order chi connectivity index (χ0) is 23.3. The molecule has 33 heavy (non-hydrogen) atoms. The summed E-state index contributed by atoms with van der Waals surface area (Å²) in [6.07, 6.45) is 7.74. The minimum Gasteiger partial charge on any atom is -0.380 e. The normalized spacial score (nSPS) is 24.7. The first kappa shape index (κ1) is 23.0. The first-order valence-electron chi connectivity index (χ1n) is 12.5. The zero-order valence-corrected chi connectivity index (χ0v) is 20.5. The van der Waals surface area contributed by atoms with Crippen molar-refractivity contribution in [1.82, 2.24) is 9.88 Å². The van der Waals surface area contributed by atoms with Crippen LogP contribution < -0.4 is 0 Å². The van der Waals surface area contributed by atoms with E-state index in [4.69, 9.17) is 9.47 Å². The van der Waals surface area contributed by atoms with Gasteiger partial charge in [0.05, 0.1) is 13.2 Å². The molecule has 3 aliphatic rings. The van der Waals surface area contributed by atoms with Crippen LogP contribution in [-0.4, -0.2) is 54.1 Å². The van der Waals surface area contributed by atoms with Crippen molar-refractivity contribution in [1.29, 1.82) is 0 Å². The summed E-state index contributed by atoms with van der Waals surface area (Å²) in [5.74, 6) is 0.523. The Labute approximate surface area is 198 Å². The summed E-state index contributed by atoms with van der Waals surface area (Å²) in [5, 5.41) is 12.5. The molecule has 1 atom stereocenters. The second-order valence-electron chi connectivity index (χ2n) is 11.1. The second kappa shape index (κ2) is 8.46. The number of aromatic nitrogens is 1. The van der Waals surface area contributed by atoms with Crippen molar-refractivity contribution in [3.8, 4) is 0 Å². The third kappa shape index (κ3) is 3.93. The van der Waals surface area contributed by atoms with Crippen LogP contribution in [-0.2, 0) is 15.1 Å². The highest BCUT2D eigenvalue weighted by molar-refractivity contribution is 5.42. The number of rotatable bonds is 5. The van der Waals surface area contributed by atoms with Gasteiger partial charge in [0.25, 0.3) is 0 Å². The molecule has 2 saturated heterocycles. The van der Waals surface area contributed by atoms with Crippen LogP contribution in [0.25, 0.3) is 0 Å². The van der Waals surface area contributed by atoms with Crippen molar-refractivity contribution in [2.45, 2.75) is 69.7 Å². The molecule has 1 spiro atoms. The molecule has 0 bridgehead atoms. The molecule has 5 heteroatoms. The Balaban J connectivity index is 1.47. The summed E-state index contributed by atoms with van der Waals surface area (Å²) in [4.78, 5) is 6.91. The molecule has 5 rings (SSSR count). The van der Waals surface area contributed by atoms with Crippen molar-refractivity contribution < 1.29 is 14.6 Å². The highest BCUT2D eigenvalue weighted by Gasteiger charge is 2.55. The van der Waals surface area contributed by atoms with Crippen LogP contribution in [0, 0.1) is 5.41 Å². The first-order chi connectivity index (χ1) is 15.7. The van der Waals surface area contributed by atoms with E-state index in [-0.39, 0.29) is 11.2 Å². The van der Waals surface area contributed by atoms with E-state index in [1.807, 2.05) is 12.4 Å². The maximum atomic E-state index is 12.5. The van der Waals surface area contributed by atoms with Crippen molar-refractivity contribution in [2.24, 2.45) is 5.41 Å². The van der Waals surface area contributed by atoms with Crippen LogP contribution in [0.3, 0.4) is 0 Å². The average Bonchev–Trinajstić information content (AvgIpc) is 3.26. The number of likely N-dealkylation sites (tertiary alicyclic amines) is 1. The Morgan fingerprint density at radius 1 is 1.03 bits per heavy atom. The fourth-order valence-electron chi connectivity index (χ4n) is 6.40. The van der Waals surface area contributed by atoms with Gasteiger partial charge in [-0.1, -0.05) is 45.0 Å². The van der Waals surface area contributed by atoms with Crippen LogP contribution in [0.5, 0.6) is 0 Å². The minimum atomic E-state index is -1.09. The number of hydrogen-bond acceptors (Lipinski definition) is 5. The lowest BCUT2D eigenvalue weighted by Crippen LogP contribution is -2.63. The predicted octanol–water partition coefficient (Wildman–Crippen LogP) is 4.79. The molecule has 0 amide bonds. The van der Waals surface area contributed by atoms with E-state index < -0.39 is 5.60 Å². The molecule has 3 fully saturated rings. The molecule has 5 nitrogen and oxygen atoms in total. The van der Waals surface area contributed by atoms with E-state index in [0.29, 0.717) is 25.0 Å². The monoisotopic (exact) mass is 450 g/mol. The third-order valence-corrected chi connectivity index (χ3v) is 8.32. The van der Waals surface area contributed by atoms with Crippen molar-refractivity contribution in [3.63, 3.8) is 0 Å². The molecule has 178 valence electrons. The molecular formula is C28H38N2O3. The van der Waals surface area contributed by atoms with E-state index in [1.165, 1.54) is 11.1 Å². The third-order valence-electron chi connectivity index (χ3n) is 8.32. The molecule has 0 unspecified atom stereocenters. The Kier molecular flexibility index (Phi) is 5.89. The predicted molar refractivity (Wildman–Crippen MR) is 129 cm³/mol. The van der Waals surface area contributed by atoms with Crippen LogP contribution >= 0.6 is 0 Å². The van der Waals surface area contributed by atoms with Crippen molar-refractivity contribution in [2.75, 3.05) is 33.4 Å². The lowest BCUT2D eigenvalue weighted by Gasteiger charge is -2.56. The van der Waals surface area contributed by atoms with Crippen molar-refractivity contribution in [3.05, 3.63) is 65.0 Å². The van der Waals surface area contributed by atoms with Gasteiger partial charge in [0, 0.05) is 49.3 Å². The summed E-state index contributed by atoms with van der Waals surface area (Å²) in [6.45, 7) is 9.71. The number of hydrogen-bond donors (Lipinski definition) is 1. The first-order valence-corrected chi connectivity index (χ1v) is 12.5. The molecule has 2 aromatic rings. The fraction of sp³-hybridized carbons (Fsp3) is 0.607. The molecule has 1 aliphatic carbocycles. The van der Waals surface area contributed by atoms with E-state index in [0.717, 1.165) is 49.9 Å². The Bertz CT molecular complexity index is 967. The summed E-state index contributed by atoms with van der Waals surface area (Å²) in [6, 6.07) is 10.8. The summed E-state index contributed by atoms with van der Waals surface area (Å²) in [5.41, 5.74) is 3.00. The maximum absolute atomic E-state index is 12.5. The van der Waals surface area contributed by atoms with Gasteiger partial charge in [0.2, 0.25) is 0 Å². The molecule has 1 N–H and O–H groups in total. The Morgan fingerprint density at radius 3 is 2.24 bits per heavy atom. The summed E-state index contributed by atoms with van der Waals surface area (Å²) < 4.78 is 11.8. The van der Waals surface area contributed by atoms with E-state index in [1.54, 1.807) is 0 Å². The summed E-state index contributed by atoms with van der Waals surface area (Å²) >= 11 is 0. The molecule has 0 radical (unpaired) electrons. The number of pyridine rings is 1. The van der Waals surface area contributed by atoms with Crippen LogP contribution in [0.15, 0.2) is 42.7 Å². The van der Waals surface area contributed by atoms with E-state index in [2.05, 4.69) is 68.0 Å². The van der Waals surface area contributed by atoms with Crippen LogP contribution in [0.2, 0.25) is 0 Å². The highest BCUT2D eigenvalue weighted by atomic mass is 16.7. The van der Waals surface area contributed by atoms with Gasteiger partial charge in [-0.3, -0.25) is 4.98 Å². The Morgan fingerprint density at radius 2 is 1.67 bits per heavy atom. The Hall–Kier alpha value is -1.79. The van der Waals surface area contributed by atoms with Gasteiger partial charge in [0.1, 0.15) is 5.60 Å². The molecule has 3 heterocycles. The molecule has 1 aromatic heterocycles. The topological polar surface area (TPSA) is 54.8 Å². The SMILES string of the molecule is CC(C)c1ccc([C@](O)(c2cncc(C3CCC4(CC3)OCCO4)c2)C2(C)CN(C)C2)cc1. The highest BCUT2D eigenvalue weighted by Crippen LogP contribution is 2.51. The fourth-order valence-corrected chi connectivity index (χ4v) is 6.40. The molecule has 2 aliphatic heterocycles. The van der Waals surface area contributed by atoms with Gasteiger partial charge in [-0.25, -0.2) is 0 Å². The van der Waals surface area contributed by atoms with Gasteiger partial charge < -0.3 is 19.5 Å². The number of nitrogens with zero attached hydrogens (tertiary/aromatic N) is 2. The number of aliphatic hydroxyl groups is 1. The quantitative estimate of drug-likeness (QED) is 0.710. The van der Waals surface area contributed by atoms with Gasteiger partial charge in [-0.2, -0.15) is 0 Å². The van der Waals surface area contributed by atoms with Gasteiger partial charge in [-0.05, 0) is 54.5 Å². The lowest BCUT2D eigenvalue weighted by molar-refractivity contribution is -0.178. The molecule has 1 saturated carbocycles. The van der Waals surface area contributed by atoms with E-state index in [9.17, 15) is 5.11 Å². The largest absolute Gasteiger partial charge is 0.380 e. The zero-order valence-electron chi connectivity index (χ0n) is 20.5. The lowest BCUT2D eigenvalue weighted by atomic mass is 9.62. The van der Waals surface area contributed by atoms with Gasteiger partial charge >= 0.3 is 0 Å². The smallest absolute Gasteiger partial charge is 0.168 e. The second-order valence-corrected chi connectivity index (χ2v) is 11.1. The van der Waals surface area contributed by atoms with Gasteiger partial charge in [-0.15, -0.1) is 0 Å². The van der Waals surface area contributed by atoms with E-state index >= 15 is 0 Å².